The zero-order chi connectivity index (χ0) is 21.3. The maximum absolute atomic E-state index is 12.7. The first kappa shape index (κ1) is 19.9. The maximum Gasteiger partial charge on any atom is 0.344 e. The molecule has 4 amide bonds. The van der Waals surface area contributed by atoms with Gasteiger partial charge in [-0.15, -0.1) is 0 Å². The average molecular weight is 414 g/mol. The van der Waals surface area contributed by atoms with Crippen molar-refractivity contribution in [3.63, 3.8) is 0 Å². The molecule has 158 valence electrons. The van der Waals surface area contributed by atoms with Gasteiger partial charge in [-0.1, -0.05) is 24.2 Å². The van der Waals surface area contributed by atoms with Gasteiger partial charge in [-0.3, -0.25) is 19.8 Å². The summed E-state index contributed by atoms with van der Waals surface area (Å²) in [6, 6.07) is 6.39. The van der Waals surface area contributed by atoms with Crippen LogP contribution in [-0.4, -0.2) is 46.1 Å². The van der Waals surface area contributed by atoms with E-state index in [4.69, 9.17) is 9.26 Å². The number of benzene rings is 1. The highest BCUT2D eigenvalue weighted by Gasteiger charge is 2.52. The predicted molar refractivity (Wildman–Crippen MR) is 103 cm³/mol. The molecule has 2 heterocycles. The number of aromatic nitrogens is 1. The quantitative estimate of drug-likeness (QED) is 0.559. The smallest absolute Gasteiger partial charge is 0.344 e. The lowest BCUT2D eigenvalue weighted by molar-refractivity contribution is -0.150. The number of hydrazine groups is 1. The van der Waals surface area contributed by atoms with Crippen molar-refractivity contribution >= 4 is 34.8 Å². The summed E-state index contributed by atoms with van der Waals surface area (Å²) in [7, 11) is 0. The molecule has 1 aliphatic heterocycles. The second-order valence-electron chi connectivity index (χ2n) is 7.83. The van der Waals surface area contributed by atoms with Gasteiger partial charge in [0.25, 0.3) is 11.8 Å². The fourth-order valence-corrected chi connectivity index (χ4v) is 3.87. The standard InChI is InChI=1S/C20H22N4O6/c1-12-6-8-20(9-7-12)18(27)24(19(28)21-20)22-16(25)11-29-17(26)10-14-13-4-2-3-5-15(13)30-23-14/h2-5,12H,6-11H2,1H3,(H,21,28)(H,22,25). The van der Waals surface area contributed by atoms with Crippen LogP contribution in [0.1, 0.15) is 38.3 Å². The number of esters is 1. The van der Waals surface area contributed by atoms with E-state index in [1.807, 2.05) is 0 Å². The summed E-state index contributed by atoms with van der Waals surface area (Å²) in [4.78, 5) is 49.1. The zero-order valence-electron chi connectivity index (χ0n) is 16.5. The zero-order valence-corrected chi connectivity index (χ0v) is 16.5. The van der Waals surface area contributed by atoms with E-state index in [2.05, 4.69) is 22.8 Å². The van der Waals surface area contributed by atoms with E-state index in [9.17, 15) is 19.2 Å². The molecule has 2 fully saturated rings. The molecule has 4 rings (SSSR count). The minimum Gasteiger partial charge on any atom is -0.455 e. The van der Waals surface area contributed by atoms with Gasteiger partial charge in [0, 0.05) is 5.39 Å². The fourth-order valence-electron chi connectivity index (χ4n) is 3.87. The molecule has 1 aromatic carbocycles. The number of para-hydroxylation sites is 1. The van der Waals surface area contributed by atoms with Crippen molar-refractivity contribution in [1.82, 2.24) is 20.9 Å². The lowest BCUT2D eigenvalue weighted by Gasteiger charge is -2.33. The average Bonchev–Trinajstić information content (AvgIpc) is 3.23. The minimum absolute atomic E-state index is 0.172. The normalized spacial score (nSPS) is 23.6. The van der Waals surface area contributed by atoms with Crippen LogP contribution in [0, 0.1) is 5.92 Å². The fraction of sp³-hybridized carbons (Fsp3) is 0.450. The number of urea groups is 1. The summed E-state index contributed by atoms with van der Waals surface area (Å²) in [5.74, 6) is -1.45. The second-order valence-corrected chi connectivity index (χ2v) is 7.83. The summed E-state index contributed by atoms with van der Waals surface area (Å²) >= 11 is 0. The van der Waals surface area contributed by atoms with Gasteiger partial charge >= 0.3 is 12.0 Å². The largest absolute Gasteiger partial charge is 0.455 e. The van der Waals surface area contributed by atoms with Crippen molar-refractivity contribution in [3.8, 4) is 0 Å². The molecule has 1 aromatic heterocycles. The van der Waals surface area contributed by atoms with E-state index in [-0.39, 0.29) is 6.42 Å². The number of hydrogen-bond acceptors (Lipinski definition) is 7. The number of fused-ring (bicyclic) bond motifs is 1. The van der Waals surface area contributed by atoms with Crippen molar-refractivity contribution in [2.75, 3.05) is 6.61 Å². The van der Waals surface area contributed by atoms with Gasteiger partial charge in [0.05, 0.1) is 6.42 Å². The molecule has 0 unspecified atom stereocenters. The van der Waals surface area contributed by atoms with Gasteiger partial charge in [-0.05, 0) is 43.7 Å². The molecule has 1 spiro atoms. The summed E-state index contributed by atoms with van der Waals surface area (Å²) < 4.78 is 10.1. The van der Waals surface area contributed by atoms with Gasteiger partial charge in [-0.25, -0.2) is 4.79 Å². The van der Waals surface area contributed by atoms with E-state index >= 15 is 0 Å². The Hall–Kier alpha value is -3.43. The SMILES string of the molecule is CC1CCC2(CC1)NC(=O)N(NC(=O)COC(=O)Cc1noc3ccccc13)C2=O. The Morgan fingerprint density at radius 1 is 1.30 bits per heavy atom. The highest BCUT2D eigenvalue weighted by molar-refractivity contribution is 6.08. The van der Waals surface area contributed by atoms with Crippen LogP contribution >= 0.6 is 0 Å². The van der Waals surface area contributed by atoms with Crippen LogP contribution in [0.2, 0.25) is 0 Å². The first-order valence-electron chi connectivity index (χ1n) is 9.83. The number of rotatable bonds is 5. The summed E-state index contributed by atoms with van der Waals surface area (Å²) in [5, 5.41) is 7.90. The predicted octanol–water partition coefficient (Wildman–Crippen LogP) is 1.45. The first-order valence-corrected chi connectivity index (χ1v) is 9.83. The molecule has 10 heteroatoms. The monoisotopic (exact) mass is 414 g/mol. The molecule has 1 aliphatic carbocycles. The van der Waals surface area contributed by atoms with Gasteiger partial charge in [0.15, 0.2) is 12.2 Å². The van der Waals surface area contributed by atoms with Crippen LogP contribution in [-0.2, 0) is 25.5 Å². The second kappa shape index (κ2) is 7.77. The number of carbonyl (C=O) groups excluding carboxylic acids is 4. The third-order valence-electron chi connectivity index (χ3n) is 5.65. The Morgan fingerprint density at radius 3 is 2.80 bits per heavy atom. The van der Waals surface area contributed by atoms with Gasteiger partial charge in [0.2, 0.25) is 0 Å². The first-order chi connectivity index (χ1) is 14.4. The number of ether oxygens (including phenoxy) is 1. The topological polar surface area (TPSA) is 131 Å². The van der Waals surface area contributed by atoms with E-state index in [0.717, 1.165) is 12.8 Å². The van der Waals surface area contributed by atoms with Crippen molar-refractivity contribution in [3.05, 3.63) is 30.0 Å². The van der Waals surface area contributed by atoms with Crippen LogP contribution in [0.5, 0.6) is 0 Å². The Bertz CT molecular complexity index is 1010. The number of carbonyl (C=O) groups is 4. The lowest BCUT2D eigenvalue weighted by atomic mass is 9.77. The van der Waals surface area contributed by atoms with Crippen molar-refractivity contribution in [2.45, 2.75) is 44.6 Å². The van der Waals surface area contributed by atoms with Crippen molar-refractivity contribution in [2.24, 2.45) is 5.92 Å². The van der Waals surface area contributed by atoms with Crippen LogP contribution in [0.4, 0.5) is 4.79 Å². The third kappa shape index (κ3) is 3.72. The number of amides is 4. The molecule has 1 saturated carbocycles. The van der Waals surface area contributed by atoms with E-state index < -0.39 is 36.0 Å². The molecule has 0 radical (unpaired) electrons. The minimum atomic E-state index is -0.957. The Kier molecular flexibility index (Phi) is 5.15. The van der Waals surface area contributed by atoms with E-state index in [0.29, 0.717) is 40.4 Å². The van der Waals surface area contributed by atoms with Gasteiger partial charge in [-0.2, -0.15) is 5.01 Å². The maximum atomic E-state index is 12.7. The van der Waals surface area contributed by atoms with Crippen LogP contribution in [0.3, 0.4) is 0 Å². The number of hydrogen-bond donors (Lipinski definition) is 2. The Balaban J connectivity index is 1.30. The summed E-state index contributed by atoms with van der Waals surface area (Å²) in [6.45, 7) is 1.47. The molecule has 1 saturated heterocycles. The van der Waals surface area contributed by atoms with Crippen LogP contribution < -0.4 is 10.7 Å². The molecule has 0 atom stereocenters. The molecule has 30 heavy (non-hydrogen) atoms. The van der Waals surface area contributed by atoms with E-state index in [1.54, 1.807) is 24.3 Å². The summed E-state index contributed by atoms with van der Waals surface area (Å²) in [6.07, 6.45) is 2.54. The summed E-state index contributed by atoms with van der Waals surface area (Å²) in [5.41, 5.74) is 2.22. The Labute approximate surface area is 171 Å². The molecule has 2 aromatic rings. The molecule has 0 bridgehead atoms. The molecule has 2 N–H and O–H groups in total. The van der Waals surface area contributed by atoms with Crippen LogP contribution in [0.15, 0.2) is 28.8 Å². The van der Waals surface area contributed by atoms with Crippen LogP contribution in [0.25, 0.3) is 11.0 Å². The van der Waals surface area contributed by atoms with E-state index in [1.165, 1.54) is 0 Å². The Morgan fingerprint density at radius 2 is 2.03 bits per heavy atom. The molecule has 2 aliphatic rings. The third-order valence-corrected chi connectivity index (χ3v) is 5.65. The highest BCUT2D eigenvalue weighted by atomic mass is 16.5. The van der Waals surface area contributed by atoms with Crippen molar-refractivity contribution in [1.29, 1.82) is 0 Å². The number of nitrogens with zero attached hydrogens (tertiary/aromatic N) is 2. The van der Waals surface area contributed by atoms with Crippen molar-refractivity contribution < 1.29 is 28.4 Å². The highest BCUT2D eigenvalue weighted by Crippen LogP contribution is 2.35. The van der Waals surface area contributed by atoms with Gasteiger partial charge in [0.1, 0.15) is 11.2 Å². The van der Waals surface area contributed by atoms with Gasteiger partial charge < -0.3 is 14.6 Å². The molecule has 10 nitrogen and oxygen atoms in total. The number of nitrogens with one attached hydrogen (secondary N) is 2. The lowest BCUT2D eigenvalue weighted by Crippen LogP contribution is -2.52. The molecular formula is C20H22N4O6. The number of imide groups is 1. The molecular weight excluding hydrogens is 392 g/mol.